The fraction of sp³-hybridized carbons (Fsp3) is 0.368. The van der Waals surface area contributed by atoms with Gasteiger partial charge in [-0.1, -0.05) is 49.7 Å². The van der Waals surface area contributed by atoms with Crippen molar-refractivity contribution in [2.45, 2.75) is 25.7 Å². The van der Waals surface area contributed by atoms with Gasteiger partial charge >= 0.3 is 0 Å². The molecule has 0 saturated carbocycles. The third kappa shape index (κ3) is 2.34. The second-order valence-corrected chi connectivity index (χ2v) is 5.89. The monoisotopic (exact) mass is 281 g/mol. The number of rotatable bonds is 4. The molecule has 2 heteroatoms. The van der Waals surface area contributed by atoms with Crippen molar-refractivity contribution >= 4 is 11.4 Å². The predicted molar refractivity (Wildman–Crippen MR) is 88.3 cm³/mol. The fourth-order valence-corrected chi connectivity index (χ4v) is 3.65. The molecule has 0 aliphatic carbocycles. The minimum Gasteiger partial charge on any atom is -0.396 e. The van der Waals surface area contributed by atoms with Crippen LogP contribution in [0.2, 0.25) is 0 Å². The van der Waals surface area contributed by atoms with Crippen LogP contribution in [0.4, 0.5) is 11.4 Å². The van der Waals surface area contributed by atoms with E-state index in [4.69, 9.17) is 0 Å². The van der Waals surface area contributed by atoms with Crippen LogP contribution in [0.1, 0.15) is 36.8 Å². The Morgan fingerprint density at radius 3 is 2.00 bits per heavy atom. The standard InChI is InChI=1S/C19H23NO/c1-3-8-14(13-21)19-15-9-4-6-11-17(15)20(2)18-12-7-5-10-16(18)19/h4-7,9-12,14,19,21H,3,8,13H2,1-2H3/t14-/m0/s1. The molecule has 2 aromatic rings. The molecule has 110 valence electrons. The van der Waals surface area contributed by atoms with Crippen LogP contribution in [0.25, 0.3) is 0 Å². The average Bonchev–Trinajstić information content (AvgIpc) is 2.54. The summed E-state index contributed by atoms with van der Waals surface area (Å²) in [4.78, 5) is 2.27. The van der Waals surface area contributed by atoms with Gasteiger partial charge in [-0.25, -0.2) is 0 Å². The molecule has 0 unspecified atom stereocenters. The molecule has 2 nitrogen and oxygen atoms in total. The first-order chi connectivity index (χ1) is 10.3. The van der Waals surface area contributed by atoms with E-state index in [-0.39, 0.29) is 12.5 Å². The highest BCUT2D eigenvalue weighted by molar-refractivity contribution is 5.75. The molecule has 0 amide bonds. The van der Waals surface area contributed by atoms with Gasteiger partial charge in [-0.3, -0.25) is 0 Å². The largest absolute Gasteiger partial charge is 0.396 e. The first-order valence-corrected chi connectivity index (χ1v) is 7.80. The lowest BCUT2D eigenvalue weighted by molar-refractivity contribution is 0.204. The molecule has 2 aromatic carbocycles. The van der Waals surface area contributed by atoms with Crippen molar-refractivity contribution < 1.29 is 5.11 Å². The topological polar surface area (TPSA) is 23.5 Å². The van der Waals surface area contributed by atoms with E-state index in [0.29, 0.717) is 5.92 Å². The number of aliphatic hydroxyl groups excluding tert-OH is 1. The maximum atomic E-state index is 9.91. The molecule has 0 spiro atoms. The number of hydrogen-bond donors (Lipinski definition) is 1. The van der Waals surface area contributed by atoms with E-state index >= 15 is 0 Å². The van der Waals surface area contributed by atoms with Gasteiger partial charge in [0.25, 0.3) is 0 Å². The van der Waals surface area contributed by atoms with Crippen LogP contribution in [0.3, 0.4) is 0 Å². The highest BCUT2D eigenvalue weighted by Crippen LogP contribution is 2.48. The number of benzene rings is 2. The zero-order chi connectivity index (χ0) is 14.8. The highest BCUT2D eigenvalue weighted by Gasteiger charge is 2.33. The lowest BCUT2D eigenvalue weighted by Gasteiger charge is -2.38. The summed E-state index contributed by atoms with van der Waals surface area (Å²) in [6.07, 6.45) is 2.15. The predicted octanol–water partition coefficient (Wildman–Crippen LogP) is 4.31. The first kappa shape index (κ1) is 14.2. The number of para-hydroxylation sites is 2. The molecule has 0 saturated heterocycles. The van der Waals surface area contributed by atoms with Crippen LogP contribution in [0, 0.1) is 5.92 Å². The zero-order valence-electron chi connectivity index (χ0n) is 12.8. The SMILES string of the molecule is CCC[C@@H](CO)C1c2ccccc2N(C)c2ccccc21. The van der Waals surface area contributed by atoms with E-state index in [0.717, 1.165) is 12.8 Å². The van der Waals surface area contributed by atoms with Gasteiger partial charge in [-0.2, -0.15) is 0 Å². The van der Waals surface area contributed by atoms with Crippen molar-refractivity contribution in [2.24, 2.45) is 5.92 Å². The molecule has 3 rings (SSSR count). The van der Waals surface area contributed by atoms with Gasteiger partial charge in [-0.05, 0) is 35.6 Å². The number of nitrogens with zero attached hydrogens (tertiary/aromatic N) is 1. The Kier molecular flexibility index (Phi) is 3.98. The second-order valence-electron chi connectivity index (χ2n) is 5.89. The Morgan fingerprint density at radius 1 is 1.00 bits per heavy atom. The average molecular weight is 281 g/mol. The molecule has 0 bridgehead atoms. The van der Waals surface area contributed by atoms with Crippen LogP contribution in [0.15, 0.2) is 48.5 Å². The van der Waals surface area contributed by atoms with Crippen molar-refractivity contribution in [1.82, 2.24) is 0 Å². The summed E-state index contributed by atoms with van der Waals surface area (Å²) in [7, 11) is 2.13. The molecule has 0 radical (unpaired) electrons. The molecule has 1 aliphatic rings. The van der Waals surface area contributed by atoms with Gasteiger partial charge in [-0.15, -0.1) is 0 Å². The molecular weight excluding hydrogens is 258 g/mol. The summed E-state index contributed by atoms with van der Waals surface area (Å²) < 4.78 is 0. The third-order valence-electron chi connectivity index (χ3n) is 4.63. The van der Waals surface area contributed by atoms with Crippen molar-refractivity contribution in [3.63, 3.8) is 0 Å². The Labute approximate surface area is 127 Å². The fourth-order valence-electron chi connectivity index (χ4n) is 3.65. The van der Waals surface area contributed by atoms with Gasteiger partial charge in [0.1, 0.15) is 0 Å². The summed E-state index contributed by atoms with van der Waals surface area (Å²) in [5.41, 5.74) is 5.20. The van der Waals surface area contributed by atoms with E-state index in [1.54, 1.807) is 0 Å². The molecule has 1 N–H and O–H groups in total. The molecule has 1 heterocycles. The van der Waals surface area contributed by atoms with E-state index in [2.05, 4.69) is 67.4 Å². The quantitative estimate of drug-likeness (QED) is 0.902. The van der Waals surface area contributed by atoms with Crippen LogP contribution < -0.4 is 4.90 Å². The van der Waals surface area contributed by atoms with Gasteiger partial charge in [0, 0.05) is 30.9 Å². The number of aliphatic hydroxyl groups is 1. The number of fused-ring (bicyclic) bond motifs is 2. The Hall–Kier alpha value is -1.80. The lowest BCUT2D eigenvalue weighted by atomic mass is 9.75. The van der Waals surface area contributed by atoms with Gasteiger partial charge < -0.3 is 10.0 Å². The molecule has 0 fully saturated rings. The van der Waals surface area contributed by atoms with Crippen molar-refractivity contribution in [3.05, 3.63) is 59.7 Å². The van der Waals surface area contributed by atoms with Crippen LogP contribution in [-0.2, 0) is 0 Å². The normalized spacial score (nSPS) is 15.5. The van der Waals surface area contributed by atoms with Crippen LogP contribution in [-0.4, -0.2) is 18.8 Å². The number of hydrogen-bond acceptors (Lipinski definition) is 2. The molecule has 0 aromatic heterocycles. The van der Waals surface area contributed by atoms with Crippen LogP contribution >= 0.6 is 0 Å². The van der Waals surface area contributed by atoms with E-state index in [9.17, 15) is 5.11 Å². The van der Waals surface area contributed by atoms with Crippen molar-refractivity contribution in [1.29, 1.82) is 0 Å². The summed E-state index contributed by atoms with van der Waals surface area (Å²) in [5.74, 6) is 0.574. The lowest BCUT2D eigenvalue weighted by Crippen LogP contribution is -2.27. The highest BCUT2D eigenvalue weighted by atomic mass is 16.3. The van der Waals surface area contributed by atoms with Crippen LogP contribution in [0.5, 0.6) is 0 Å². The number of anilines is 2. The van der Waals surface area contributed by atoms with Crippen molar-refractivity contribution in [3.8, 4) is 0 Å². The Morgan fingerprint density at radius 2 is 1.52 bits per heavy atom. The smallest absolute Gasteiger partial charge is 0.0468 e. The second kappa shape index (κ2) is 5.90. The third-order valence-corrected chi connectivity index (χ3v) is 4.63. The molecule has 1 atom stereocenters. The minimum absolute atomic E-state index is 0.241. The van der Waals surface area contributed by atoms with E-state index < -0.39 is 0 Å². The van der Waals surface area contributed by atoms with E-state index in [1.165, 1.54) is 22.5 Å². The molecule has 1 aliphatic heterocycles. The maximum Gasteiger partial charge on any atom is 0.0468 e. The molecule has 21 heavy (non-hydrogen) atoms. The first-order valence-electron chi connectivity index (χ1n) is 7.80. The maximum absolute atomic E-state index is 9.91. The zero-order valence-corrected chi connectivity index (χ0v) is 12.8. The Balaban J connectivity index is 2.17. The summed E-state index contributed by atoms with van der Waals surface area (Å²) in [5, 5.41) is 9.91. The molecular formula is C19H23NO. The van der Waals surface area contributed by atoms with Gasteiger partial charge in [0.15, 0.2) is 0 Å². The van der Waals surface area contributed by atoms with Gasteiger partial charge in [0.05, 0.1) is 0 Å². The summed E-state index contributed by atoms with van der Waals surface area (Å²) in [6.45, 7) is 2.43. The Bertz CT molecular complexity index is 575. The van der Waals surface area contributed by atoms with Crippen molar-refractivity contribution in [2.75, 3.05) is 18.6 Å². The summed E-state index contributed by atoms with van der Waals surface area (Å²) in [6, 6.07) is 17.2. The minimum atomic E-state index is 0.241. The summed E-state index contributed by atoms with van der Waals surface area (Å²) >= 11 is 0. The van der Waals surface area contributed by atoms with Gasteiger partial charge in [0.2, 0.25) is 0 Å². The van der Waals surface area contributed by atoms with E-state index in [1.807, 2.05) is 0 Å².